The summed E-state index contributed by atoms with van der Waals surface area (Å²) in [7, 11) is -7.83. The summed E-state index contributed by atoms with van der Waals surface area (Å²) in [6.07, 6.45) is 3.47. The van der Waals surface area contributed by atoms with E-state index < -0.39 is 25.1 Å². The van der Waals surface area contributed by atoms with E-state index in [1.807, 2.05) is 0 Å². The van der Waals surface area contributed by atoms with E-state index in [1.54, 1.807) is 0 Å². The van der Waals surface area contributed by atoms with Crippen LogP contribution in [0.3, 0.4) is 0 Å². The minimum absolute atomic E-state index is 0.0524. The Morgan fingerprint density at radius 2 is 2.05 bits per heavy atom. The number of nitrogens with one attached hydrogen (secondary N) is 1. The van der Waals surface area contributed by atoms with Crippen LogP contribution in [0.2, 0.25) is 0 Å². The largest absolute Gasteiger partial charge is 0.380 e. The molecule has 0 bridgehead atoms. The molecule has 3 N–H and O–H groups in total. The second-order valence-corrected chi connectivity index (χ2v) is 8.16. The van der Waals surface area contributed by atoms with Gasteiger partial charge in [-0.25, -0.2) is 27.0 Å². The zero-order chi connectivity index (χ0) is 15.5. The number of nitrogens with two attached hydrogens (primary N) is 1. The van der Waals surface area contributed by atoms with Gasteiger partial charge in [0.15, 0.2) is 5.03 Å². The first-order chi connectivity index (χ1) is 9.78. The summed E-state index contributed by atoms with van der Waals surface area (Å²) in [4.78, 5) is 3.59. The number of aromatic nitrogens is 1. The molecule has 1 aromatic heterocycles. The van der Waals surface area contributed by atoms with Crippen molar-refractivity contribution in [3.63, 3.8) is 0 Å². The van der Waals surface area contributed by atoms with Crippen molar-refractivity contribution < 1.29 is 21.6 Å². The van der Waals surface area contributed by atoms with Gasteiger partial charge in [-0.05, 0) is 30.9 Å². The van der Waals surface area contributed by atoms with E-state index in [-0.39, 0.29) is 18.0 Å². The van der Waals surface area contributed by atoms with Crippen LogP contribution in [-0.4, -0.2) is 40.8 Å². The molecule has 2 rings (SSSR count). The molecule has 0 aromatic carbocycles. The van der Waals surface area contributed by atoms with Crippen LogP contribution in [0.1, 0.15) is 12.8 Å². The van der Waals surface area contributed by atoms with Gasteiger partial charge in [0.25, 0.3) is 10.0 Å². The Labute approximate surface area is 123 Å². The van der Waals surface area contributed by atoms with Crippen molar-refractivity contribution in [3.8, 4) is 0 Å². The molecule has 1 fully saturated rings. The van der Waals surface area contributed by atoms with E-state index in [2.05, 4.69) is 9.71 Å². The molecule has 118 valence electrons. The number of hydrogen-bond donors (Lipinski definition) is 2. The Hall–Kier alpha value is -1.23. The Bertz CT molecular complexity index is 698. The summed E-state index contributed by atoms with van der Waals surface area (Å²) in [5, 5.41) is 4.48. The number of sulfonamides is 2. The molecule has 10 heteroatoms. The molecule has 8 nitrogen and oxygen atoms in total. The summed E-state index contributed by atoms with van der Waals surface area (Å²) in [6.45, 7) is 0.613. The standard InChI is InChI=1S/C11H17N3O5S2/c12-21(17,18)11-10(2-1-5-13-11)14-20(15,16)7-6-19-8-9-3-4-9/h1-2,5,9,14H,3-4,6-8H2,(H2,12,17,18). The number of pyridine rings is 1. The fraction of sp³-hybridized carbons (Fsp3) is 0.545. The number of ether oxygens (including phenoxy) is 1. The maximum atomic E-state index is 11.9. The fourth-order valence-electron chi connectivity index (χ4n) is 1.62. The third-order valence-electron chi connectivity index (χ3n) is 2.85. The highest BCUT2D eigenvalue weighted by atomic mass is 32.2. The predicted molar refractivity (Wildman–Crippen MR) is 76.6 cm³/mol. The smallest absolute Gasteiger partial charge is 0.257 e. The van der Waals surface area contributed by atoms with Crippen LogP contribution < -0.4 is 9.86 Å². The number of hydrogen-bond acceptors (Lipinski definition) is 6. The average Bonchev–Trinajstić information content (AvgIpc) is 3.17. The van der Waals surface area contributed by atoms with E-state index in [1.165, 1.54) is 18.3 Å². The molecule has 0 radical (unpaired) electrons. The Balaban J connectivity index is 1.99. The van der Waals surface area contributed by atoms with Crippen molar-refractivity contribution in [3.05, 3.63) is 18.3 Å². The number of anilines is 1. The fourth-order valence-corrected chi connectivity index (χ4v) is 3.25. The quantitative estimate of drug-likeness (QED) is 0.638. The lowest BCUT2D eigenvalue weighted by molar-refractivity contribution is 0.138. The van der Waals surface area contributed by atoms with E-state index >= 15 is 0 Å². The molecule has 0 aliphatic heterocycles. The Kier molecular flexibility index (Phi) is 4.81. The van der Waals surface area contributed by atoms with Crippen molar-refractivity contribution in [2.75, 3.05) is 23.7 Å². The number of rotatable bonds is 8. The van der Waals surface area contributed by atoms with Gasteiger partial charge < -0.3 is 4.74 Å². The van der Waals surface area contributed by atoms with Crippen molar-refractivity contribution in [1.82, 2.24) is 4.98 Å². The molecule has 1 aromatic rings. The van der Waals surface area contributed by atoms with E-state index in [0.29, 0.717) is 12.5 Å². The molecule has 0 saturated heterocycles. The average molecular weight is 335 g/mol. The van der Waals surface area contributed by atoms with Gasteiger partial charge in [0, 0.05) is 12.8 Å². The molecule has 1 aliphatic rings. The first kappa shape index (κ1) is 16.1. The molecule has 1 heterocycles. The summed E-state index contributed by atoms with van der Waals surface area (Å²) in [5.41, 5.74) is -0.165. The second-order valence-electron chi connectivity index (χ2n) is 4.84. The maximum absolute atomic E-state index is 11.9. The van der Waals surface area contributed by atoms with Crippen LogP contribution in [0.5, 0.6) is 0 Å². The highest BCUT2D eigenvalue weighted by molar-refractivity contribution is 7.93. The Morgan fingerprint density at radius 1 is 1.33 bits per heavy atom. The minimum Gasteiger partial charge on any atom is -0.380 e. The maximum Gasteiger partial charge on any atom is 0.257 e. The van der Waals surface area contributed by atoms with Crippen LogP contribution in [-0.2, 0) is 24.8 Å². The zero-order valence-electron chi connectivity index (χ0n) is 11.2. The first-order valence-corrected chi connectivity index (χ1v) is 9.54. The number of primary sulfonamides is 1. The van der Waals surface area contributed by atoms with E-state index in [9.17, 15) is 16.8 Å². The van der Waals surface area contributed by atoms with Gasteiger partial charge in [0.2, 0.25) is 10.0 Å². The number of nitrogens with zero attached hydrogens (tertiary/aromatic N) is 1. The zero-order valence-corrected chi connectivity index (χ0v) is 12.9. The highest BCUT2D eigenvalue weighted by Gasteiger charge is 2.22. The van der Waals surface area contributed by atoms with Crippen molar-refractivity contribution in [2.24, 2.45) is 11.1 Å². The van der Waals surface area contributed by atoms with Crippen molar-refractivity contribution in [2.45, 2.75) is 17.9 Å². The lowest BCUT2D eigenvalue weighted by Crippen LogP contribution is -2.23. The van der Waals surface area contributed by atoms with Gasteiger partial charge in [0.1, 0.15) is 0 Å². The van der Waals surface area contributed by atoms with Gasteiger partial charge in [-0.15, -0.1) is 0 Å². The SMILES string of the molecule is NS(=O)(=O)c1ncccc1NS(=O)(=O)CCOCC1CC1. The molecule has 0 amide bonds. The monoisotopic (exact) mass is 335 g/mol. The molecule has 1 saturated carbocycles. The third kappa shape index (κ3) is 5.23. The van der Waals surface area contributed by atoms with Crippen LogP contribution in [0.4, 0.5) is 5.69 Å². The van der Waals surface area contributed by atoms with Crippen LogP contribution in [0, 0.1) is 5.92 Å². The van der Waals surface area contributed by atoms with Crippen molar-refractivity contribution in [1.29, 1.82) is 0 Å². The van der Waals surface area contributed by atoms with E-state index in [0.717, 1.165) is 12.8 Å². The van der Waals surface area contributed by atoms with Gasteiger partial charge in [-0.2, -0.15) is 0 Å². The lowest BCUT2D eigenvalue weighted by Gasteiger charge is -2.10. The first-order valence-electron chi connectivity index (χ1n) is 6.34. The van der Waals surface area contributed by atoms with Gasteiger partial charge >= 0.3 is 0 Å². The lowest BCUT2D eigenvalue weighted by atomic mass is 10.4. The molecular formula is C11H17N3O5S2. The van der Waals surface area contributed by atoms with E-state index in [4.69, 9.17) is 9.88 Å². The molecule has 21 heavy (non-hydrogen) atoms. The molecular weight excluding hydrogens is 318 g/mol. The molecule has 1 aliphatic carbocycles. The van der Waals surface area contributed by atoms with Crippen LogP contribution >= 0.6 is 0 Å². The van der Waals surface area contributed by atoms with Gasteiger partial charge in [-0.3, -0.25) is 4.72 Å². The Morgan fingerprint density at radius 3 is 2.67 bits per heavy atom. The topological polar surface area (TPSA) is 128 Å². The predicted octanol–water partition coefficient (Wildman–Crippen LogP) is -0.103. The van der Waals surface area contributed by atoms with Crippen LogP contribution in [0.25, 0.3) is 0 Å². The van der Waals surface area contributed by atoms with Crippen LogP contribution in [0.15, 0.2) is 23.4 Å². The summed E-state index contributed by atoms with van der Waals surface area (Å²) >= 11 is 0. The third-order valence-corrected chi connectivity index (χ3v) is 4.95. The molecule has 0 atom stereocenters. The van der Waals surface area contributed by atoms with Gasteiger partial charge in [-0.1, -0.05) is 0 Å². The van der Waals surface area contributed by atoms with Gasteiger partial charge in [0.05, 0.1) is 18.0 Å². The normalized spacial score (nSPS) is 15.9. The molecule has 0 unspecified atom stereocenters. The van der Waals surface area contributed by atoms with Crippen molar-refractivity contribution >= 4 is 25.7 Å². The highest BCUT2D eigenvalue weighted by Crippen LogP contribution is 2.28. The molecule has 0 spiro atoms. The summed E-state index contributed by atoms with van der Waals surface area (Å²) in [5.74, 6) is 0.284. The second kappa shape index (κ2) is 6.26. The summed E-state index contributed by atoms with van der Waals surface area (Å²) in [6, 6.07) is 2.70. The minimum atomic E-state index is -4.10. The summed E-state index contributed by atoms with van der Waals surface area (Å²) < 4.78 is 53.9.